The van der Waals surface area contributed by atoms with Gasteiger partial charge in [-0.1, -0.05) is 13.8 Å². The fourth-order valence-corrected chi connectivity index (χ4v) is 6.56. The Bertz CT molecular complexity index is 2260. The van der Waals surface area contributed by atoms with Crippen LogP contribution >= 0.6 is 0 Å². The monoisotopic (exact) mass is 903 g/mol. The lowest BCUT2D eigenvalue weighted by atomic mass is 10.0. The average Bonchev–Trinajstić information content (AvgIpc) is 4.13. The number of nitrogens with one attached hydrogen (secondary N) is 11. The van der Waals surface area contributed by atoms with Gasteiger partial charge in [0.15, 0.2) is 0 Å². The first-order chi connectivity index (χ1) is 31.2. The number of hydrogen-bond donors (Lipinski definition) is 14. The van der Waals surface area contributed by atoms with Crippen LogP contribution in [0.4, 0.5) is 0 Å². The number of hydrogen-bond acceptors (Lipinski definition) is 14. The van der Waals surface area contributed by atoms with Gasteiger partial charge in [0, 0.05) is 91.6 Å². The van der Waals surface area contributed by atoms with Crippen LogP contribution < -0.4 is 37.6 Å². The number of aromatic nitrogens is 10. The summed E-state index contributed by atoms with van der Waals surface area (Å²) in [7, 11) is 0. The molecule has 65 heavy (non-hydrogen) atoms. The Labute approximate surface area is 370 Å². The molecular weight excluding hydrogens is 851 g/mol. The topological polar surface area (TPSA) is 402 Å². The molecule has 5 heterocycles. The Kier molecular flexibility index (Phi) is 17.6. The smallest absolute Gasteiger partial charge is 0.328 e. The molecule has 26 heteroatoms. The molecule has 0 unspecified atom stereocenters. The van der Waals surface area contributed by atoms with Crippen molar-refractivity contribution in [2.24, 2.45) is 11.7 Å². The fourth-order valence-electron chi connectivity index (χ4n) is 6.56. The second-order valence-corrected chi connectivity index (χ2v) is 15.5. The Morgan fingerprint density at radius 3 is 1.03 bits per heavy atom. The first kappa shape index (κ1) is 48.3. The van der Waals surface area contributed by atoms with Crippen LogP contribution in [-0.4, -0.2) is 150 Å². The molecular formula is C39H53N17O9. The van der Waals surface area contributed by atoms with Gasteiger partial charge in [-0.25, -0.2) is 29.7 Å². The summed E-state index contributed by atoms with van der Waals surface area (Å²) in [6.07, 6.45) is 13.8. The highest BCUT2D eigenvalue weighted by Gasteiger charge is 2.35. The van der Waals surface area contributed by atoms with Crippen molar-refractivity contribution in [3.63, 3.8) is 0 Å². The predicted molar refractivity (Wildman–Crippen MR) is 225 cm³/mol. The van der Waals surface area contributed by atoms with Gasteiger partial charge in [0.05, 0.1) is 44.3 Å². The van der Waals surface area contributed by atoms with Crippen molar-refractivity contribution in [2.45, 2.75) is 94.7 Å². The van der Waals surface area contributed by atoms with E-state index in [0.717, 1.165) is 0 Å². The molecule has 5 aromatic heterocycles. The normalized spacial score (nSPS) is 14.5. The highest BCUT2D eigenvalue weighted by Crippen LogP contribution is 2.10. The van der Waals surface area contributed by atoms with Crippen molar-refractivity contribution in [2.75, 3.05) is 6.61 Å². The van der Waals surface area contributed by atoms with E-state index in [1.165, 1.54) is 62.6 Å². The number of carboxylic acids is 1. The number of imidazole rings is 5. The number of carboxylic acid groups (broad SMARTS) is 1. The molecule has 15 N–H and O–H groups in total. The maximum atomic E-state index is 14.4. The minimum Gasteiger partial charge on any atom is -0.480 e. The van der Waals surface area contributed by atoms with Gasteiger partial charge in [-0.3, -0.25) is 28.8 Å². The number of rotatable bonds is 26. The van der Waals surface area contributed by atoms with Crippen molar-refractivity contribution in [3.05, 3.63) is 91.1 Å². The molecule has 0 radical (unpaired) electrons. The van der Waals surface area contributed by atoms with Gasteiger partial charge < -0.3 is 72.8 Å². The van der Waals surface area contributed by atoms with Crippen LogP contribution in [0.25, 0.3) is 0 Å². The molecule has 348 valence electrons. The maximum absolute atomic E-state index is 14.4. The van der Waals surface area contributed by atoms with Crippen LogP contribution in [0.15, 0.2) is 62.6 Å². The van der Waals surface area contributed by atoms with E-state index in [0.29, 0.717) is 28.5 Å². The Hall–Kier alpha value is -7.74. The first-order valence-corrected chi connectivity index (χ1v) is 20.5. The van der Waals surface area contributed by atoms with E-state index in [1.807, 2.05) is 0 Å². The number of H-pyrrole nitrogens is 5. The number of aliphatic carboxylic acids is 1. The van der Waals surface area contributed by atoms with Gasteiger partial charge in [0.2, 0.25) is 35.4 Å². The first-order valence-electron chi connectivity index (χ1n) is 20.5. The standard InChI is InChI=1S/C39H53N17O9/c1-20(2)3-27(34(59)56-32(14-57)39(64)65)52-36(61)29(6-23-11-43-17-48-23)54-38(63)31(8-25-13-45-19-50-25)55-37(62)30(7-24-12-44-18-49-24)53-35(60)28(5-22-10-42-16-47-22)51-33(58)26(40)4-21-9-41-15-46-21/h9-13,15-20,26-32,57H,3-8,14,40H2,1-2H3,(H,41,46)(H,42,47)(H,43,48)(H,44,49)(H,45,50)(H,51,58)(H,52,61)(H,53,60)(H,54,63)(H,55,62)(H,56,59)(H,64,65)/t26-,27-,28-,29-,30-,31-,32-/m0/s1. The van der Waals surface area contributed by atoms with Gasteiger partial charge in [-0.05, 0) is 12.3 Å². The third-order valence-electron chi connectivity index (χ3n) is 9.92. The summed E-state index contributed by atoms with van der Waals surface area (Å²) in [6.45, 7) is 2.65. The SMILES string of the molecule is CC(C)C[C@H](NC(=O)[C@H](Cc1cnc[nH]1)NC(=O)[C@H](Cc1cnc[nH]1)NC(=O)[C@H](Cc1cnc[nH]1)NC(=O)[C@H](Cc1cnc[nH]1)NC(=O)[C@@H](N)Cc1cnc[nH]1)C(=O)N[C@@H](CO)C(=O)O. The molecule has 5 rings (SSSR count). The summed E-state index contributed by atoms with van der Waals surface area (Å²) in [5.74, 6) is -6.50. The minimum atomic E-state index is -1.64. The molecule has 0 spiro atoms. The minimum absolute atomic E-state index is 0.0619. The van der Waals surface area contributed by atoms with Gasteiger partial charge in [-0.2, -0.15) is 0 Å². The number of nitrogens with two attached hydrogens (primary N) is 1. The number of amides is 6. The Balaban J connectivity index is 1.38. The fraction of sp³-hybridized carbons (Fsp3) is 0.436. The molecule has 0 aliphatic rings. The zero-order valence-corrected chi connectivity index (χ0v) is 35.4. The van der Waals surface area contributed by atoms with Crippen LogP contribution in [0.2, 0.25) is 0 Å². The third-order valence-corrected chi connectivity index (χ3v) is 9.92. The molecule has 7 atom stereocenters. The number of carbonyl (C=O) groups excluding carboxylic acids is 6. The molecule has 5 aromatic rings. The molecule has 0 bridgehead atoms. The number of carbonyl (C=O) groups is 7. The molecule has 26 nitrogen and oxygen atoms in total. The van der Waals surface area contributed by atoms with E-state index in [-0.39, 0.29) is 44.4 Å². The van der Waals surface area contributed by atoms with Crippen molar-refractivity contribution >= 4 is 41.4 Å². The van der Waals surface area contributed by atoms with Crippen LogP contribution in [-0.2, 0) is 65.7 Å². The van der Waals surface area contributed by atoms with Crippen molar-refractivity contribution in [1.82, 2.24) is 81.7 Å². The number of aliphatic hydroxyl groups excluding tert-OH is 1. The summed E-state index contributed by atoms with van der Waals surface area (Å²) >= 11 is 0. The molecule has 0 fully saturated rings. The lowest BCUT2D eigenvalue weighted by molar-refractivity contribution is -0.143. The second kappa shape index (κ2) is 23.6. The second-order valence-electron chi connectivity index (χ2n) is 15.5. The number of nitrogens with zero attached hydrogens (tertiary/aromatic N) is 5. The van der Waals surface area contributed by atoms with Crippen LogP contribution in [0.3, 0.4) is 0 Å². The van der Waals surface area contributed by atoms with Crippen molar-refractivity contribution in [3.8, 4) is 0 Å². The quantitative estimate of drug-likeness (QED) is 0.0253. The number of aromatic amines is 5. The third kappa shape index (κ3) is 14.9. The molecule has 0 aliphatic carbocycles. The Morgan fingerprint density at radius 2 is 0.754 bits per heavy atom. The van der Waals surface area contributed by atoms with Crippen LogP contribution in [0.5, 0.6) is 0 Å². The summed E-state index contributed by atoms with van der Waals surface area (Å²) < 4.78 is 0. The van der Waals surface area contributed by atoms with Gasteiger partial charge in [0.1, 0.15) is 36.3 Å². The predicted octanol–water partition coefficient (Wildman–Crippen LogP) is -3.83. The summed E-state index contributed by atoms with van der Waals surface area (Å²) in [5.41, 5.74) is 8.51. The summed E-state index contributed by atoms with van der Waals surface area (Å²) in [4.78, 5) is 129. The molecule has 0 saturated heterocycles. The largest absolute Gasteiger partial charge is 0.480 e. The van der Waals surface area contributed by atoms with Gasteiger partial charge >= 0.3 is 5.97 Å². The van der Waals surface area contributed by atoms with Gasteiger partial charge in [-0.15, -0.1) is 0 Å². The molecule has 0 aliphatic heterocycles. The lowest BCUT2D eigenvalue weighted by Crippen LogP contribution is -2.61. The summed E-state index contributed by atoms with van der Waals surface area (Å²) in [6, 6.07) is -9.46. The van der Waals surface area contributed by atoms with E-state index >= 15 is 0 Å². The molecule has 0 aromatic carbocycles. The maximum Gasteiger partial charge on any atom is 0.328 e. The zero-order chi connectivity index (χ0) is 46.9. The van der Waals surface area contributed by atoms with Crippen LogP contribution in [0, 0.1) is 5.92 Å². The highest BCUT2D eigenvalue weighted by atomic mass is 16.4. The van der Waals surface area contributed by atoms with Crippen LogP contribution in [0.1, 0.15) is 48.7 Å². The van der Waals surface area contributed by atoms with E-state index in [4.69, 9.17) is 5.73 Å². The molecule has 6 amide bonds. The highest BCUT2D eigenvalue weighted by molar-refractivity contribution is 5.97. The summed E-state index contributed by atoms with van der Waals surface area (Å²) in [5, 5.41) is 34.4. The van der Waals surface area contributed by atoms with E-state index in [1.54, 1.807) is 13.8 Å². The van der Waals surface area contributed by atoms with E-state index < -0.39 is 90.3 Å². The van der Waals surface area contributed by atoms with Crippen molar-refractivity contribution < 1.29 is 43.8 Å². The van der Waals surface area contributed by atoms with Gasteiger partial charge in [0.25, 0.3) is 0 Å². The zero-order valence-electron chi connectivity index (χ0n) is 35.4. The average molecular weight is 904 g/mol. The van der Waals surface area contributed by atoms with Crippen molar-refractivity contribution in [1.29, 1.82) is 0 Å². The Morgan fingerprint density at radius 1 is 0.477 bits per heavy atom. The van der Waals surface area contributed by atoms with E-state index in [9.17, 15) is 43.8 Å². The number of aliphatic hydroxyl groups is 1. The molecule has 0 saturated carbocycles. The van der Waals surface area contributed by atoms with E-state index in [2.05, 4.69) is 81.7 Å². The lowest BCUT2D eigenvalue weighted by Gasteiger charge is -2.27.